The van der Waals surface area contributed by atoms with Gasteiger partial charge < -0.3 is 5.32 Å². The van der Waals surface area contributed by atoms with Crippen molar-refractivity contribution in [3.05, 3.63) is 0 Å². The standard InChI is InChI=1S/C9H15N3O2/c1-11-5-8(13)12(9(14)6-11)7-2-3-10-4-7/h7,10H,2-6H2,1H3. The molecule has 0 aromatic carbocycles. The van der Waals surface area contributed by atoms with E-state index in [0.717, 1.165) is 19.5 Å². The van der Waals surface area contributed by atoms with Crippen molar-refractivity contribution in [2.45, 2.75) is 12.5 Å². The monoisotopic (exact) mass is 197 g/mol. The van der Waals surface area contributed by atoms with Crippen LogP contribution in [0.3, 0.4) is 0 Å². The number of piperazine rings is 1. The van der Waals surface area contributed by atoms with Gasteiger partial charge in [-0.3, -0.25) is 19.4 Å². The number of nitrogens with one attached hydrogen (secondary N) is 1. The zero-order valence-electron chi connectivity index (χ0n) is 8.32. The third kappa shape index (κ3) is 1.65. The Balaban J connectivity index is 2.08. The Bertz CT molecular complexity index is 243. The number of hydrogen-bond acceptors (Lipinski definition) is 4. The number of hydrogen-bond donors (Lipinski definition) is 1. The molecule has 2 rings (SSSR count). The minimum Gasteiger partial charge on any atom is -0.315 e. The number of likely N-dealkylation sites (N-methyl/N-ethyl adjacent to an activating group) is 1. The highest BCUT2D eigenvalue weighted by atomic mass is 16.2. The summed E-state index contributed by atoms with van der Waals surface area (Å²) in [7, 11) is 1.79. The lowest BCUT2D eigenvalue weighted by Crippen LogP contribution is -2.56. The molecule has 2 fully saturated rings. The van der Waals surface area contributed by atoms with Crippen molar-refractivity contribution in [1.82, 2.24) is 15.1 Å². The van der Waals surface area contributed by atoms with E-state index in [1.165, 1.54) is 4.90 Å². The molecule has 0 aliphatic carbocycles. The number of amides is 2. The van der Waals surface area contributed by atoms with Gasteiger partial charge in [0, 0.05) is 6.54 Å². The van der Waals surface area contributed by atoms with Crippen LogP contribution in [0.1, 0.15) is 6.42 Å². The summed E-state index contributed by atoms with van der Waals surface area (Å²) in [5.74, 6) is -0.116. The second-order valence-corrected chi connectivity index (χ2v) is 3.98. The van der Waals surface area contributed by atoms with Gasteiger partial charge in [-0.1, -0.05) is 0 Å². The molecular weight excluding hydrogens is 182 g/mol. The van der Waals surface area contributed by atoms with Crippen LogP contribution < -0.4 is 5.32 Å². The first-order chi connectivity index (χ1) is 6.68. The van der Waals surface area contributed by atoms with Gasteiger partial charge in [-0.2, -0.15) is 0 Å². The molecule has 1 atom stereocenters. The molecule has 1 unspecified atom stereocenters. The molecule has 78 valence electrons. The fraction of sp³-hybridized carbons (Fsp3) is 0.778. The number of rotatable bonds is 1. The second kappa shape index (κ2) is 3.67. The Kier molecular flexibility index (Phi) is 2.52. The lowest BCUT2D eigenvalue weighted by atomic mass is 10.2. The average molecular weight is 197 g/mol. The van der Waals surface area contributed by atoms with Gasteiger partial charge in [0.25, 0.3) is 0 Å². The van der Waals surface area contributed by atoms with Crippen LogP contribution in [0.4, 0.5) is 0 Å². The molecule has 0 aromatic heterocycles. The van der Waals surface area contributed by atoms with Crippen molar-refractivity contribution in [2.75, 3.05) is 33.2 Å². The quantitative estimate of drug-likeness (QED) is 0.528. The van der Waals surface area contributed by atoms with E-state index in [1.807, 2.05) is 0 Å². The van der Waals surface area contributed by atoms with Crippen molar-refractivity contribution in [2.24, 2.45) is 0 Å². The van der Waals surface area contributed by atoms with Gasteiger partial charge in [0.05, 0.1) is 19.1 Å². The highest BCUT2D eigenvalue weighted by Gasteiger charge is 2.35. The SMILES string of the molecule is CN1CC(=O)N(C2CCNC2)C(=O)C1. The summed E-state index contributed by atoms with van der Waals surface area (Å²) in [6, 6.07) is 0.0868. The molecule has 2 aliphatic heterocycles. The molecule has 5 nitrogen and oxygen atoms in total. The fourth-order valence-electron chi connectivity index (χ4n) is 2.08. The summed E-state index contributed by atoms with van der Waals surface area (Å²) in [6.07, 6.45) is 0.890. The van der Waals surface area contributed by atoms with Gasteiger partial charge in [-0.15, -0.1) is 0 Å². The van der Waals surface area contributed by atoms with Crippen LogP contribution in [0.2, 0.25) is 0 Å². The van der Waals surface area contributed by atoms with Crippen LogP contribution in [0.5, 0.6) is 0 Å². The second-order valence-electron chi connectivity index (χ2n) is 3.98. The molecule has 0 aromatic rings. The van der Waals surface area contributed by atoms with E-state index in [-0.39, 0.29) is 17.9 Å². The zero-order valence-corrected chi connectivity index (χ0v) is 8.32. The van der Waals surface area contributed by atoms with Gasteiger partial charge in [-0.05, 0) is 20.0 Å². The predicted molar refractivity (Wildman–Crippen MR) is 50.6 cm³/mol. The van der Waals surface area contributed by atoms with Crippen LogP contribution in [0, 0.1) is 0 Å². The fourth-order valence-corrected chi connectivity index (χ4v) is 2.08. The number of imide groups is 1. The van der Waals surface area contributed by atoms with Crippen molar-refractivity contribution in [3.8, 4) is 0 Å². The first kappa shape index (κ1) is 9.61. The first-order valence-electron chi connectivity index (χ1n) is 4.92. The summed E-state index contributed by atoms with van der Waals surface area (Å²) in [5, 5.41) is 3.16. The summed E-state index contributed by atoms with van der Waals surface area (Å²) >= 11 is 0. The maximum Gasteiger partial charge on any atom is 0.243 e. The predicted octanol–water partition coefficient (Wildman–Crippen LogP) is -1.35. The molecule has 1 N–H and O–H groups in total. The van der Waals surface area contributed by atoms with Crippen molar-refractivity contribution in [3.63, 3.8) is 0 Å². The molecule has 14 heavy (non-hydrogen) atoms. The van der Waals surface area contributed by atoms with E-state index >= 15 is 0 Å². The summed E-state index contributed by atoms with van der Waals surface area (Å²) in [5.41, 5.74) is 0. The minimum atomic E-state index is -0.0579. The van der Waals surface area contributed by atoms with Crippen LogP contribution in [-0.4, -0.2) is 60.9 Å². The van der Waals surface area contributed by atoms with E-state index in [2.05, 4.69) is 5.32 Å². The molecule has 0 radical (unpaired) electrons. The summed E-state index contributed by atoms with van der Waals surface area (Å²) in [6.45, 7) is 2.38. The van der Waals surface area contributed by atoms with Crippen LogP contribution in [-0.2, 0) is 9.59 Å². The maximum absolute atomic E-state index is 11.6. The van der Waals surface area contributed by atoms with Gasteiger partial charge >= 0.3 is 0 Å². The van der Waals surface area contributed by atoms with Gasteiger partial charge in [-0.25, -0.2) is 0 Å². The van der Waals surface area contributed by atoms with E-state index < -0.39 is 0 Å². The Morgan fingerprint density at radius 1 is 1.29 bits per heavy atom. The van der Waals surface area contributed by atoms with Crippen LogP contribution >= 0.6 is 0 Å². The van der Waals surface area contributed by atoms with Crippen LogP contribution in [0.15, 0.2) is 0 Å². The summed E-state index contributed by atoms with van der Waals surface area (Å²) in [4.78, 5) is 26.5. The molecule has 0 bridgehead atoms. The third-order valence-electron chi connectivity index (χ3n) is 2.75. The smallest absolute Gasteiger partial charge is 0.243 e. The largest absolute Gasteiger partial charge is 0.315 e. The average Bonchev–Trinajstić information content (AvgIpc) is 2.54. The van der Waals surface area contributed by atoms with E-state index in [0.29, 0.717) is 13.1 Å². The number of nitrogens with zero attached hydrogens (tertiary/aromatic N) is 2. The van der Waals surface area contributed by atoms with E-state index in [1.54, 1.807) is 11.9 Å². The summed E-state index contributed by atoms with van der Waals surface area (Å²) < 4.78 is 0. The van der Waals surface area contributed by atoms with Gasteiger partial charge in [0.2, 0.25) is 11.8 Å². The first-order valence-corrected chi connectivity index (χ1v) is 4.92. The van der Waals surface area contributed by atoms with Gasteiger partial charge in [0.15, 0.2) is 0 Å². The molecule has 2 amide bonds. The van der Waals surface area contributed by atoms with Crippen LogP contribution in [0.25, 0.3) is 0 Å². The molecular formula is C9H15N3O2. The Labute approximate surface area is 83.0 Å². The lowest BCUT2D eigenvalue weighted by Gasteiger charge is -2.33. The number of carbonyl (C=O) groups excluding carboxylic acids is 2. The molecule has 2 saturated heterocycles. The van der Waals surface area contributed by atoms with Gasteiger partial charge in [0.1, 0.15) is 0 Å². The van der Waals surface area contributed by atoms with Crippen molar-refractivity contribution >= 4 is 11.8 Å². The molecule has 5 heteroatoms. The Morgan fingerprint density at radius 3 is 2.43 bits per heavy atom. The Morgan fingerprint density at radius 2 is 1.93 bits per heavy atom. The lowest BCUT2D eigenvalue weighted by molar-refractivity contribution is -0.153. The molecule has 2 aliphatic rings. The highest BCUT2D eigenvalue weighted by Crippen LogP contribution is 2.13. The van der Waals surface area contributed by atoms with Crippen molar-refractivity contribution < 1.29 is 9.59 Å². The highest BCUT2D eigenvalue weighted by molar-refractivity contribution is 5.99. The molecule has 2 heterocycles. The van der Waals surface area contributed by atoms with E-state index in [4.69, 9.17) is 0 Å². The van der Waals surface area contributed by atoms with Crippen molar-refractivity contribution in [1.29, 1.82) is 0 Å². The number of carbonyl (C=O) groups is 2. The molecule has 0 saturated carbocycles. The topological polar surface area (TPSA) is 52.7 Å². The molecule has 0 spiro atoms. The Hall–Kier alpha value is -0.940. The minimum absolute atomic E-state index is 0.0579. The normalized spacial score (nSPS) is 30.1. The third-order valence-corrected chi connectivity index (χ3v) is 2.75. The maximum atomic E-state index is 11.6. The zero-order chi connectivity index (χ0) is 10.1. The van der Waals surface area contributed by atoms with E-state index in [9.17, 15) is 9.59 Å².